The van der Waals surface area contributed by atoms with Crippen molar-refractivity contribution in [2.24, 2.45) is 5.41 Å². The monoisotopic (exact) mass is 375 g/mol. The summed E-state index contributed by atoms with van der Waals surface area (Å²) < 4.78 is 26.5. The summed E-state index contributed by atoms with van der Waals surface area (Å²) in [6.45, 7) is 7.08. The summed E-state index contributed by atoms with van der Waals surface area (Å²) in [4.78, 5) is 24.2. The van der Waals surface area contributed by atoms with Gasteiger partial charge in [-0.1, -0.05) is 20.8 Å². The van der Waals surface area contributed by atoms with Gasteiger partial charge in [-0.25, -0.2) is 8.78 Å². The second kappa shape index (κ2) is 8.16. The van der Waals surface area contributed by atoms with Crippen molar-refractivity contribution in [1.29, 1.82) is 0 Å². The molecule has 0 spiro atoms. The lowest BCUT2D eigenvalue weighted by atomic mass is 9.95. The van der Waals surface area contributed by atoms with Crippen LogP contribution in [0.3, 0.4) is 0 Å². The summed E-state index contributed by atoms with van der Waals surface area (Å²) in [5, 5.41) is 8.20. The van der Waals surface area contributed by atoms with Gasteiger partial charge in [0.1, 0.15) is 17.7 Å². The minimum atomic E-state index is -0.838. The molecular weight excluding hydrogens is 352 g/mol. The van der Waals surface area contributed by atoms with E-state index in [0.717, 1.165) is 6.07 Å². The first-order chi connectivity index (χ1) is 12.6. The van der Waals surface area contributed by atoms with Crippen LogP contribution in [-0.2, 0) is 9.59 Å². The Labute approximate surface area is 157 Å². The van der Waals surface area contributed by atoms with Crippen LogP contribution in [0.5, 0.6) is 0 Å². The molecule has 0 fully saturated rings. The molecule has 2 aromatic carbocycles. The average Bonchev–Trinajstić information content (AvgIpc) is 2.58. The number of amides is 2. The minimum absolute atomic E-state index is 0.0877. The normalized spacial score (nSPS) is 12.2. The molecule has 0 aliphatic rings. The Hall–Kier alpha value is -2.96. The largest absolute Gasteiger partial charge is 0.374 e. The lowest BCUT2D eigenvalue weighted by Gasteiger charge is -2.18. The maximum Gasteiger partial charge on any atom is 0.246 e. The molecule has 2 rings (SSSR count). The highest BCUT2D eigenvalue weighted by atomic mass is 19.1. The van der Waals surface area contributed by atoms with Crippen molar-refractivity contribution in [3.8, 4) is 0 Å². The van der Waals surface area contributed by atoms with Crippen LogP contribution in [0.15, 0.2) is 42.5 Å². The zero-order valence-corrected chi connectivity index (χ0v) is 15.7. The van der Waals surface area contributed by atoms with E-state index in [1.54, 1.807) is 31.2 Å². The van der Waals surface area contributed by atoms with Gasteiger partial charge in [-0.05, 0) is 43.3 Å². The van der Waals surface area contributed by atoms with Crippen LogP contribution in [0.25, 0.3) is 0 Å². The van der Waals surface area contributed by atoms with Gasteiger partial charge in [0, 0.05) is 22.9 Å². The molecule has 2 amide bonds. The molecule has 0 aliphatic carbocycles. The molecule has 27 heavy (non-hydrogen) atoms. The van der Waals surface area contributed by atoms with Crippen molar-refractivity contribution >= 4 is 28.9 Å². The maximum atomic E-state index is 13.6. The molecular formula is C20H23F2N3O2. The van der Waals surface area contributed by atoms with E-state index in [4.69, 9.17) is 0 Å². The lowest BCUT2D eigenvalue weighted by Crippen LogP contribution is -2.32. The summed E-state index contributed by atoms with van der Waals surface area (Å²) in [5.74, 6) is -2.12. The predicted molar refractivity (Wildman–Crippen MR) is 103 cm³/mol. The van der Waals surface area contributed by atoms with Gasteiger partial charge in [0.25, 0.3) is 0 Å². The Kier molecular flexibility index (Phi) is 6.15. The van der Waals surface area contributed by atoms with Crippen LogP contribution in [0, 0.1) is 17.0 Å². The number of carbonyl (C=O) groups excluding carboxylic acids is 2. The number of halogens is 2. The van der Waals surface area contributed by atoms with E-state index in [-0.39, 0.29) is 11.6 Å². The van der Waals surface area contributed by atoms with Gasteiger partial charge in [-0.3, -0.25) is 9.59 Å². The van der Waals surface area contributed by atoms with Gasteiger partial charge in [0.05, 0.1) is 5.69 Å². The molecule has 144 valence electrons. The van der Waals surface area contributed by atoms with E-state index in [1.807, 2.05) is 20.8 Å². The minimum Gasteiger partial charge on any atom is -0.374 e. The van der Waals surface area contributed by atoms with E-state index in [1.165, 1.54) is 6.07 Å². The van der Waals surface area contributed by atoms with Gasteiger partial charge in [0.2, 0.25) is 11.8 Å². The van der Waals surface area contributed by atoms with E-state index < -0.39 is 29.0 Å². The van der Waals surface area contributed by atoms with E-state index in [9.17, 15) is 18.4 Å². The second-order valence-corrected chi connectivity index (χ2v) is 7.26. The first-order valence-electron chi connectivity index (χ1n) is 8.50. The van der Waals surface area contributed by atoms with Crippen molar-refractivity contribution in [3.63, 3.8) is 0 Å². The van der Waals surface area contributed by atoms with Crippen molar-refractivity contribution in [2.75, 3.05) is 16.0 Å². The lowest BCUT2D eigenvalue weighted by molar-refractivity contribution is -0.123. The van der Waals surface area contributed by atoms with Crippen molar-refractivity contribution in [3.05, 3.63) is 54.1 Å². The number of anilines is 3. The molecule has 1 atom stereocenters. The topological polar surface area (TPSA) is 70.2 Å². The Balaban J connectivity index is 1.95. The van der Waals surface area contributed by atoms with Gasteiger partial charge in [-0.2, -0.15) is 0 Å². The molecule has 0 aromatic heterocycles. The summed E-state index contributed by atoms with van der Waals surface area (Å²) in [6, 6.07) is 9.17. The highest BCUT2D eigenvalue weighted by Crippen LogP contribution is 2.20. The van der Waals surface area contributed by atoms with E-state index in [0.29, 0.717) is 17.4 Å². The smallest absolute Gasteiger partial charge is 0.246 e. The quantitative estimate of drug-likeness (QED) is 0.726. The van der Waals surface area contributed by atoms with Crippen molar-refractivity contribution in [1.82, 2.24) is 0 Å². The zero-order chi connectivity index (χ0) is 20.2. The van der Waals surface area contributed by atoms with E-state index >= 15 is 0 Å². The Morgan fingerprint density at radius 3 is 2.07 bits per heavy atom. The number of carbonyl (C=O) groups is 2. The fraction of sp³-hybridized carbons (Fsp3) is 0.300. The van der Waals surface area contributed by atoms with Crippen LogP contribution in [0.4, 0.5) is 25.8 Å². The van der Waals surface area contributed by atoms with Crippen LogP contribution >= 0.6 is 0 Å². The molecule has 0 saturated carbocycles. The number of benzene rings is 2. The summed E-state index contributed by atoms with van der Waals surface area (Å²) >= 11 is 0. The highest BCUT2D eigenvalue weighted by Gasteiger charge is 2.21. The summed E-state index contributed by atoms with van der Waals surface area (Å²) in [5.41, 5.74) is 0.714. The third-order valence-electron chi connectivity index (χ3n) is 3.79. The molecule has 7 heteroatoms. The van der Waals surface area contributed by atoms with Gasteiger partial charge in [0.15, 0.2) is 0 Å². The SMILES string of the molecule is CC(Nc1ccc(NC(=O)C(C)(C)C)cc1)C(=O)Nc1ccc(F)cc1F. The van der Waals surface area contributed by atoms with Gasteiger partial charge < -0.3 is 16.0 Å². The van der Waals surface area contributed by atoms with Gasteiger partial charge >= 0.3 is 0 Å². The Morgan fingerprint density at radius 1 is 0.926 bits per heavy atom. The average molecular weight is 375 g/mol. The predicted octanol–water partition coefficient (Wildman–Crippen LogP) is 4.39. The van der Waals surface area contributed by atoms with Crippen LogP contribution in [0.2, 0.25) is 0 Å². The second-order valence-electron chi connectivity index (χ2n) is 7.26. The van der Waals surface area contributed by atoms with Crippen LogP contribution in [0.1, 0.15) is 27.7 Å². The fourth-order valence-corrected chi connectivity index (χ4v) is 2.12. The molecule has 0 aliphatic heterocycles. The number of rotatable bonds is 5. The van der Waals surface area contributed by atoms with E-state index in [2.05, 4.69) is 16.0 Å². The van der Waals surface area contributed by atoms with Gasteiger partial charge in [-0.15, -0.1) is 0 Å². The molecule has 0 radical (unpaired) electrons. The molecule has 5 nitrogen and oxygen atoms in total. The molecule has 3 N–H and O–H groups in total. The van der Waals surface area contributed by atoms with Crippen molar-refractivity contribution < 1.29 is 18.4 Å². The van der Waals surface area contributed by atoms with Crippen LogP contribution < -0.4 is 16.0 Å². The first kappa shape index (κ1) is 20.4. The summed E-state index contributed by atoms with van der Waals surface area (Å²) in [6.07, 6.45) is 0. The fourth-order valence-electron chi connectivity index (χ4n) is 2.12. The number of hydrogen-bond donors (Lipinski definition) is 3. The standard InChI is InChI=1S/C20H23F2N3O2/c1-12(18(26)25-17-10-5-13(21)11-16(17)22)23-14-6-8-15(9-7-14)24-19(27)20(2,3)4/h5-12,23H,1-4H3,(H,24,27)(H,25,26). The zero-order valence-electron chi connectivity index (χ0n) is 15.7. The Morgan fingerprint density at radius 2 is 1.52 bits per heavy atom. The molecule has 0 heterocycles. The third-order valence-corrected chi connectivity index (χ3v) is 3.79. The molecule has 1 unspecified atom stereocenters. The molecule has 2 aromatic rings. The van der Waals surface area contributed by atoms with Crippen molar-refractivity contribution in [2.45, 2.75) is 33.7 Å². The molecule has 0 bridgehead atoms. The number of hydrogen-bond acceptors (Lipinski definition) is 3. The first-order valence-corrected chi connectivity index (χ1v) is 8.50. The number of nitrogens with one attached hydrogen (secondary N) is 3. The maximum absolute atomic E-state index is 13.6. The Bertz CT molecular complexity index is 830. The van der Waals surface area contributed by atoms with Crippen LogP contribution in [-0.4, -0.2) is 17.9 Å². The molecule has 0 saturated heterocycles. The summed E-state index contributed by atoms with van der Waals surface area (Å²) in [7, 11) is 0. The highest BCUT2D eigenvalue weighted by molar-refractivity contribution is 5.96. The third kappa shape index (κ3) is 5.77.